The number of hydrogen-bond donors (Lipinski definition) is 0. The summed E-state index contributed by atoms with van der Waals surface area (Å²) in [4.78, 5) is 12.0. The smallest absolute Gasteiger partial charge is 0.512 e. The van der Waals surface area contributed by atoms with Crippen molar-refractivity contribution in [1.82, 2.24) is 0 Å². The van der Waals surface area contributed by atoms with Crippen LogP contribution in [0.25, 0.3) is 0 Å². The molecule has 8 atom stereocenters. The number of carbonyl (C=O) groups is 1. The predicted octanol–water partition coefficient (Wildman–Crippen LogP) is 8.03. The van der Waals surface area contributed by atoms with Crippen LogP contribution >= 0.6 is 0 Å². The Morgan fingerprint density at radius 2 is 1.32 bits per heavy atom. The molecule has 41 heavy (non-hydrogen) atoms. The number of carbonyl (C=O) groups excluding carboxylic acids is 1. The van der Waals surface area contributed by atoms with E-state index < -0.39 is 0 Å². The van der Waals surface area contributed by atoms with Crippen LogP contribution in [0.5, 0.6) is 0 Å². The van der Waals surface area contributed by atoms with Gasteiger partial charge in [-0.2, -0.15) is 0 Å². The molecule has 0 aromatic carbocycles. The second-order valence-corrected chi connectivity index (χ2v) is 12.1. The van der Waals surface area contributed by atoms with Gasteiger partial charge in [0, 0.05) is 6.42 Å². The fourth-order valence-electron chi connectivity index (χ4n) is 8.66. The minimum atomic E-state index is 0. The molecule has 220 valence electrons. The summed E-state index contributed by atoms with van der Waals surface area (Å²) < 4.78 is 0. The average molecular weight is 597 g/mol. The molecule has 4 aliphatic rings. The van der Waals surface area contributed by atoms with E-state index in [4.69, 9.17) is 71.0 Å². The Morgan fingerprint density at radius 1 is 0.780 bits per heavy atom. The second-order valence-electron chi connectivity index (χ2n) is 12.1. The molecule has 4 unspecified atom stereocenters. The van der Waals surface area contributed by atoms with Gasteiger partial charge < -0.3 is 71.0 Å². The summed E-state index contributed by atoms with van der Waals surface area (Å²) >= 11 is 0. The number of nitrogens with zero attached hydrogens (tertiary/aromatic N) is 6. The van der Waals surface area contributed by atoms with Crippen molar-refractivity contribution >= 4 is 5.78 Å². The van der Waals surface area contributed by atoms with Crippen molar-refractivity contribution < 1.29 is 21.9 Å². The SMILES string of the molecule is CC(C)CCC[C@@H](C)[C@H]1CCC2C3CCC4CC(=O)C=C[C@]4(C)C3CC[C@@]21C.[C-]#N.[C-]#N.[C-]#N.[C-]#N.[C-]#N.[C-]#N.[Fe+6]. The Labute approximate surface area is 261 Å². The van der Waals surface area contributed by atoms with Gasteiger partial charge >= 0.3 is 17.1 Å². The van der Waals surface area contributed by atoms with Crippen LogP contribution in [0, 0.1) is 123 Å². The maximum Gasteiger partial charge on any atom is 6.00 e. The zero-order valence-electron chi connectivity index (χ0n) is 25.2. The van der Waals surface area contributed by atoms with E-state index in [9.17, 15) is 4.79 Å². The van der Waals surface area contributed by atoms with E-state index in [2.05, 4.69) is 40.7 Å². The van der Waals surface area contributed by atoms with Crippen molar-refractivity contribution in [1.29, 1.82) is 31.6 Å². The standard InChI is InChI=1S/C27H44O.6CN.Fe/c1-18(2)7-6-8-19(3)23-11-12-24-22-10-9-20-17-21(28)13-15-26(20,4)25(22)14-16-27(23,24)5;6*1-2;/h13,15,18-20,22-25H,6-12,14,16-17H2,1-5H3;;;;;;;/q;6*-1;+6/t19-,20?,22?,23-,24?,25?,26+,27-;;;;;;;/m1......./s1. The minimum absolute atomic E-state index is 0. The van der Waals surface area contributed by atoms with Gasteiger partial charge in [0.15, 0.2) is 5.78 Å². The molecule has 3 saturated carbocycles. The van der Waals surface area contributed by atoms with Crippen molar-refractivity contribution in [3.8, 4) is 0 Å². The van der Waals surface area contributed by atoms with Crippen molar-refractivity contribution in [3.63, 3.8) is 0 Å². The molecule has 0 saturated heterocycles. The molecule has 0 spiro atoms. The van der Waals surface area contributed by atoms with Gasteiger partial charge in [0.25, 0.3) is 0 Å². The normalized spacial score (nSPS) is 31.9. The van der Waals surface area contributed by atoms with Crippen LogP contribution in [0.15, 0.2) is 12.2 Å². The molecule has 3 fully saturated rings. The average Bonchev–Trinajstić information content (AvgIpc) is 3.37. The molecule has 4 rings (SSSR count). The van der Waals surface area contributed by atoms with Crippen LogP contribution < -0.4 is 0 Å². The maximum absolute atomic E-state index is 12.0. The first-order valence-electron chi connectivity index (χ1n) is 13.8. The third-order valence-corrected chi connectivity index (χ3v) is 10.2. The van der Waals surface area contributed by atoms with Crippen LogP contribution in [0.4, 0.5) is 0 Å². The van der Waals surface area contributed by atoms with Gasteiger partial charge in [-0.15, -0.1) is 0 Å². The molecule has 0 aromatic rings. The summed E-state index contributed by atoms with van der Waals surface area (Å²) in [6, 6.07) is 0. The molecule has 0 bridgehead atoms. The molecule has 8 heteroatoms. The first-order chi connectivity index (χ1) is 19.3. The molecule has 7 nitrogen and oxygen atoms in total. The van der Waals surface area contributed by atoms with Crippen LogP contribution in [0.3, 0.4) is 0 Å². The van der Waals surface area contributed by atoms with E-state index in [0.29, 0.717) is 22.5 Å². The Bertz CT molecular complexity index is 841. The number of allylic oxidation sites excluding steroid dienone is 2. The second kappa shape index (κ2) is 23.6. The number of hydrogen-bond acceptors (Lipinski definition) is 7. The maximum atomic E-state index is 12.0. The summed E-state index contributed by atoms with van der Waals surface area (Å²) in [5.41, 5.74) is 0.870. The number of fused-ring (bicyclic) bond motifs is 5. The molecule has 0 heterocycles. The van der Waals surface area contributed by atoms with Crippen LogP contribution in [0.1, 0.15) is 98.8 Å². The Hall–Kier alpha value is -3.13. The largest absolute Gasteiger partial charge is 6.00 e. The third-order valence-electron chi connectivity index (χ3n) is 10.2. The van der Waals surface area contributed by atoms with Crippen molar-refractivity contribution in [3.05, 3.63) is 51.6 Å². The number of rotatable bonds is 5. The zero-order chi connectivity index (χ0) is 32.1. The fraction of sp³-hybridized carbons (Fsp3) is 0.727. The van der Waals surface area contributed by atoms with Crippen molar-refractivity contribution in [2.45, 2.75) is 98.8 Å². The molecule has 0 aromatic heterocycles. The summed E-state index contributed by atoms with van der Waals surface area (Å²) in [5, 5.41) is 37.5. The van der Waals surface area contributed by atoms with E-state index in [1.54, 1.807) is 0 Å². The third kappa shape index (κ3) is 10.7. The minimum Gasteiger partial charge on any atom is -0.512 e. The van der Waals surface area contributed by atoms with Crippen molar-refractivity contribution in [2.24, 2.45) is 52.3 Å². The summed E-state index contributed by atoms with van der Waals surface area (Å²) in [5.74, 6) is 6.34. The molecule has 0 radical (unpaired) electrons. The van der Waals surface area contributed by atoms with Crippen LogP contribution in [-0.2, 0) is 21.9 Å². The Morgan fingerprint density at radius 3 is 1.83 bits per heavy atom. The number of ketones is 1. The predicted molar refractivity (Wildman–Crippen MR) is 148 cm³/mol. The Kier molecular flexibility index (Phi) is 25.8. The van der Waals surface area contributed by atoms with Gasteiger partial charge in [-0.1, -0.05) is 60.0 Å². The molecule has 0 amide bonds. The van der Waals surface area contributed by atoms with Crippen molar-refractivity contribution in [2.75, 3.05) is 0 Å². The van der Waals surface area contributed by atoms with Gasteiger partial charge in [0.1, 0.15) is 0 Å². The molecule has 4 aliphatic carbocycles. The van der Waals surface area contributed by atoms with E-state index in [0.717, 1.165) is 41.9 Å². The molecule has 0 aliphatic heterocycles. The fourth-order valence-corrected chi connectivity index (χ4v) is 8.66. The summed E-state index contributed by atoms with van der Waals surface area (Å²) in [6.45, 7) is 41.0. The molecular weight excluding hydrogens is 552 g/mol. The Balaban J connectivity index is -0.000000470. The summed E-state index contributed by atoms with van der Waals surface area (Å²) in [7, 11) is 0. The van der Waals surface area contributed by atoms with Crippen LogP contribution in [-0.4, -0.2) is 5.78 Å². The van der Waals surface area contributed by atoms with Gasteiger partial charge in [-0.3, -0.25) is 4.79 Å². The van der Waals surface area contributed by atoms with E-state index in [1.807, 2.05) is 6.08 Å². The quantitative estimate of drug-likeness (QED) is 0.229. The van der Waals surface area contributed by atoms with E-state index in [1.165, 1.54) is 57.8 Å². The summed E-state index contributed by atoms with van der Waals surface area (Å²) in [6.07, 6.45) is 17.8. The van der Waals surface area contributed by atoms with Gasteiger partial charge in [-0.05, 0) is 96.9 Å². The monoisotopic (exact) mass is 596 g/mol. The van der Waals surface area contributed by atoms with Crippen LogP contribution in [0.2, 0.25) is 0 Å². The van der Waals surface area contributed by atoms with Gasteiger partial charge in [0.05, 0.1) is 0 Å². The van der Waals surface area contributed by atoms with Gasteiger partial charge in [-0.25, -0.2) is 0 Å². The van der Waals surface area contributed by atoms with Gasteiger partial charge in [0.2, 0.25) is 0 Å². The first kappa shape index (κ1) is 44.9. The van der Waals surface area contributed by atoms with E-state index >= 15 is 0 Å². The zero-order valence-corrected chi connectivity index (χ0v) is 26.3. The first-order valence-corrected chi connectivity index (χ1v) is 13.8. The molecular formula is C33H44FeN6O. The van der Waals surface area contributed by atoms with E-state index in [-0.39, 0.29) is 17.1 Å². The topological polar surface area (TPSA) is 160 Å². The molecule has 0 N–H and O–H groups in total.